The number of rotatable bonds is 6. The monoisotopic (exact) mass is 693 g/mol. The van der Waals surface area contributed by atoms with Crippen LogP contribution in [0.15, 0.2) is 176 Å². The Morgan fingerprint density at radius 3 is 1.86 bits per heavy atom. The summed E-state index contributed by atoms with van der Waals surface area (Å²) in [5.74, 6) is 0. The van der Waals surface area contributed by atoms with Gasteiger partial charge in [0.25, 0.3) is 0 Å². The van der Waals surface area contributed by atoms with E-state index >= 15 is 0 Å². The van der Waals surface area contributed by atoms with E-state index in [1.54, 1.807) is 0 Å². The molecule has 1 aromatic heterocycles. The van der Waals surface area contributed by atoms with Crippen LogP contribution in [0.25, 0.3) is 52.0 Å². The van der Waals surface area contributed by atoms with Gasteiger partial charge in [-0.2, -0.15) is 0 Å². The first-order chi connectivity index (χ1) is 24.0. The number of anilines is 3. The van der Waals surface area contributed by atoms with E-state index in [0.717, 1.165) is 17.1 Å². The topological polar surface area (TPSA) is 3.24 Å². The van der Waals surface area contributed by atoms with Crippen molar-refractivity contribution in [2.75, 3.05) is 4.90 Å². The molecule has 0 unspecified atom stereocenters. The number of benzene rings is 8. The minimum absolute atomic E-state index is 0.112. The molecule has 2 heteroatoms. The van der Waals surface area contributed by atoms with Crippen molar-refractivity contribution < 1.29 is 0 Å². The minimum atomic E-state index is -0.112. The molecule has 49 heavy (non-hydrogen) atoms. The zero-order valence-corrected chi connectivity index (χ0v) is 29.3. The Kier molecular flexibility index (Phi) is 7.24. The van der Waals surface area contributed by atoms with Gasteiger partial charge in [0, 0.05) is 0 Å². The van der Waals surface area contributed by atoms with Gasteiger partial charge in [-0.3, -0.25) is 0 Å². The Morgan fingerprint density at radius 1 is 0.429 bits per heavy atom. The zero-order valence-electron chi connectivity index (χ0n) is 27.6. The molecule has 0 fully saturated rings. The van der Waals surface area contributed by atoms with Crippen molar-refractivity contribution >= 4 is 72.4 Å². The predicted molar refractivity (Wildman–Crippen MR) is 212 cm³/mol. The zero-order chi connectivity index (χ0) is 33.0. The molecule has 0 bridgehead atoms. The molecule has 0 spiro atoms. The van der Waals surface area contributed by atoms with Crippen molar-refractivity contribution in [2.45, 2.75) is 19.3 Å². The molecule has 8 aromatic carbocycles. The van der Waals surface area contributed by atoms with Gasteiger partial charge in [-0.1, -0.05) is 36.4 Å². The summed E-state index contributed by atoms with van der Waals surface area (Å²) < 4.78 is 2.97. The molecular weight excluding hydrogens is 657 g/mol. The summed E-state index contributed by atoms with van der Waals surface area (Å²) in [4.78, 5) is 2.42. The van der Waals surface area contributed by atoms with Crippen LogP contribution >= 0.6 is 0 Å². The number of fused-ring (bicyclic) bond motifs is 7. The van der Waals surface area contributed by atoms with Crippen LogP contribution in [0.4, 0.5) is 17.1 Å². The number of hydrogen-bond donors (Lipinski definition) is 0. The fraction of sp³-hybridized carbons (Fsp3) is 0.0638. The predicted octanol–water partition coefficient (Wildman–Crippen LogP) is 12.8. The fourth-order valence-corrected chi connectivity index (χ4v) is 10.1. The van der Waals surface area contributed by atoms with Crippen molar-refractivity contribution in [1.29, 1.82) is 0 Å². The first kappa shape index (κ1) is 29.7. The third-order valence-corrected chi connectivity index (χ3v) is 12.7. The Bertz CT molecular complexity index is 2620. The van der Waals surface area contributed by atoms with Crippen molar-refractivity contribution in [3.8, 4) is 11.1 Å². The van der Waals surface area contributed by atoms with Crippen LogP contribution in [0.1, 0.15) is 25.0 Å². The molecule has 1 heterocycles. The molecule has 1 nitrogen and oxygen atoms in total. The molecule has 9 aromatic rings. The molecule has 0 aliphatic rings. The Hall–Kier alpha value is -5.40. The van der Waals surface area contributed by atoms with Crippen LogP contribution in [0.2, 0.25) is 0 Å². The maximum atomic E-state index is 2.42. The normalized spacial score (nSPS) is 11.9. The maximum absolute atomic E-state index is 2.42. The number of hydrogen-bond acceptors (Lipinski definition) is 1. The van der Waals surface area contributed by atoms with Crippen LogP contribution in [-0.2, 0) is 5.41 Å². The third kappa shape index (κ3) is 5.16. The van der Waals surface area contributed by atoms with E-state index < -0.39 is 0 Å². The first-order valence-corrected chi connectivity index (χ1v) is 18.6. The summed E-state index contributed by atoms with van der Waals surface area (Å²) >= 11 is 0.265. The summed E-state index contributed by atoms with van der Waals surface area (Å²) in [5, 5.41) is 8.08. The average Bonchev–Trinajstić information content (AvgIpc) is 3.55. The Balaban J connectivity index is 1.25. The van der Waals surface area contributed by atoms with Gasteiger partial charge >= 0.3 is 258 Å². The van der Waals surface area contributed by atoms with Crippen molar-refractivity contribution in [2.24, 2.45) is 0 Å². The molecular formula is C47H35NSe. The molecule has 234 valence electrons. The van der Waals surface area contributed by atoms with E-state index in [9.17, 15) is 0 Å². The fourth-order valence-electron chi connectivity index (χ4n) is 7.40. The Morgan fingerprint density at radius 2 is 1.04 bits per heavy atom. The molecule has 0 saturated carbocycles. The second-order valence-electron chi connectivity index (χ2n) is 13.4. The molecule has 0 atom stereocenters. The molecule has 0 amide bonds. The van der Waals surface area contributed by atoms with E-state index in [2.05, 4.69) is 195 Å². The van der Waals surface area contributed by atoms with Gasteiger partial charge in [-0.25, -0.2) is 0 Å². The molecule has 0 N–H and O–H groups in total. The van der Waals surface area contributed by atoms with Gasteiger partial charge in [0.1, 0.15) is 0 Å². The third-order valence-electron chi connectivity index (χ3n) is 10.1. The molecule has 0 saturated heterocycles. The molecule has 0 aliphatic carbocycles. The van der Waals surface area contributed by atoms with Crippen LogP contribution < -0.4 is 4.90 Å². The van der Waals surface area contributed by atoms with E-state index in [4.69, 9.17) is 0 Å². The average molecular weight is 693 g/mol. The van der Waals surface area contributed by atoms with E-state index in [1.165, 1.54) is 63.1 Å². The van der Waals surface area contributed by atoms with Crippen LogP contribution in [0.5, 0.6) is 0 Å². The van der Waals surface area contributed by atoms with Gasteiger partial charge in [-0.05, 0) is 0 Å². The van der Waals surface area contributed by atoms with Crippen molar-refractivity contribution in [1.82, 2.24) is 0 Å². The van der Waals surface area contributed by atoms with Crippen LogP contribution in [-0.4, -0.2) is 14.5 Å². The van der Waals surface area contributed by atoms with Gasteiger partial charge in [0.05, 0.1) is 0 Å². The summed E-state index contributed by atoms with van der Waals surface area (Å²) in [7, 11) is 0. The second-order valence-corrected chi connectivity index (χ2v) is 15.6. The van der Waals surface area contributed by atoms with Crippen molar-refractivity contribution in [3.05, 3.63) is 187 Å². The van der Waals surface area contributed by atoms with Gasteiger partial charge in [-0.15, -0.1) is 0 Å². The molecule has 9 rings (SSSR count). The molecule has 0 radical (unpaired) electrons. The SMILES string of the molecule is CC(C)(c1ccccc1)c1ccc(N(c2cccc(-c3ccccc3)c2)c2ccc3ccc4ccc5c6ccccc6[se]c5c4c3c2)cc1. The van der Waals surface area contributed by atoms with Gasteiger partial charge in [0.2, 0.25) is 0 Å². The van der Waals surface area contributed by atoms with Gasteiger partial charge in [0.15, 0.2) is 0 Å². The Labute approximate surface area is 293 Å². The summed E-state index contributed by atoms with van der Waals surface area (Å²) in [6, 6.07) is 64.8. The van der Waals surface area contributed by atoms with Gasteiger partial charge < -0.3 is 0 Å². The van der Waals surface area contributed by atoms with Crippen LogP contribution in [0.3, 0.4) is 0 Å². The molecule has 0 aliphatic heterocycles. The summed E-state index contributed by atoms with van der Waals surface area (Å²) in [6.07, 6.45) is 0. The number of nitrogens with zero attached hydrogens (tertiary/aromatic N) is 1. The summed E-state index contributed by atoms with van der Waals surface area (Å²) in [6.45, 7) is 4.62. The summed E-state index contributed by atoms with van der Waals surface area (Å²) in [5.41, 5.74) is 8.34. The van der Waals surface area contributed by atoms with Crippen LogP contribution in [0, 0.1) is 0 Å². The quantitative estimate of drug-likeness (QED) is 0.124. The second kappa shape index (κ2) is 11.9. The standard InChI is InChI=1S/C47H35NSe/c1-47(2,36-15-7-4-8-16-36)37-24-27-38(28-25-37)48(39-17-11-14-35(30-39)32-12-5-3-6-13-32)40-26-22-33-20-21-34-23-29-42-41-18-9-10-19-44(41)49-46(42)45(34)43(33)31-40/h3-31H,1-2H3. The first-order valence-electron chi connectivity index (χ1n) is 16.9. The van der Waals surface area contributed by atoms with E-state index in [-0.39, 0.29) is 19.9 Å². The van der Waals surface area contributed by atoms with E-state index in [1.807, 2.05) is 0 Å². The van der Waals surface area contributed by atoms with Crippen molar-refractivity contribution in [3.63, 3.8) is 0 Å². The van der Waals surface area contributed by atoms with E-state index in [0.29, 0.717) is 0 Å².